The molecule has 4 heteroatoms. The van der Waals surface area contributed by atoms with Crippen molar-refractivity contribution >= 4 is 5.97 Å². The smallest absolute Gasteiger partial charge is 0.337 e. The van der Waals surface area contributed by atoms with Crippen molar-refractivity contribution in [3.8, 4) is 11.3 Å². The van der Waals surface area contributed by atoms with E-state index in [9.17, 15) is 4.79 Å². The number of hydrogen-bond donors (Lipinski definition) is 1. The molecule has 1 aromatic heterocycles. The molecule has 0 bridgehead atoms. The van der Waals surface area contributed by atoms with Gasteiger partial charge in [0.2, 0.25) is 0 Å². The van der Waals surface area contributed by atoms with Crippen molar-refractivity contribution < 1.29 is 13.9 Å². The van der Waals surface area contributed by atoms with E-state index in [2.05, 4.69) is 16.6 Å². The third-order valence-corrected chi connectivity index (χ3v) is 2.84. The molecule has 0 aliphatic heterocycles. The second kappa shape index (κ2) is 6.73. The fourth-order valence-corrected chi connectivity index (χ4v) is 1.81. The lowest BCUT2D eigenvalue weighted by molar-refractivity contribution is 0.0601. The zero-order valence-electron chi connectivity index (χ0n) is 11.4. The van der Waals surface area contributed by atoms with E-state index in [-0.39, 0.29) is 5.97 Å². The van der Waals surface area contributed by atoms with E-state index >= 15 is 0 Å². The van der Waals surface area contributed by atoms with Crippen LogP contribution in [0.3, 0.4) is 0 Å². The van der Waals surface area contributed by atoms with Gasteiger partial charge in [-0.2, -0.15) is 0 Å². The summed E-state index contributed by atoms with van der Waals surface area (Å²) in [6.07, 6.45) is 1.80. The second-order valence-electron chi connectivity index (χ2n) is 4.25. The van der Waals surface area contributed by atoms with Gasteiger partial charge in [0.1, 0.15) is 11.5 Å². The van der Waals surface area contributed by atoms with Crippen LogP contribution in [0.4, 0.5) is 0 Å². The molecule has 1 N–H and O–H groups in total. The van der Waals surface area contributed by atoms with E-state index in [1.807, 2.05) is 24.3 Å². The maximum absolute atomic E-state index is 11.4. The lowest BCUT2D eigenvalue weighted by atomic mass is 10.1. The Morgan fingerprint density at radius 3 is 2.70 bits per heavy atom. The molecule has 0 amide bonds. The molecule has 2 aromatic rings. The molecule has 1 aromatic carbocycles. The van der Waals surface area contributed by atoms with Crippen molar-refractivity contribution in [1.82, 2.24) is 5.32 Å². The summed E-state index contributed by atoms with van der Waals surface area (Å²) in [4.78, 5) is 11.4. The van der Waals surface area contributed by atoms with Gasteiger partial charge in [-0.3, -0.25) is 0 Å². The van der Waals surface area contributed by atoms with E-state index in [1.165, 1.54) is 7.11 Å². The van der Waals surface area contributed by atoms with Gasteiger partial charge in [-0.1, -0.05) is 18.2 Å². The minimum absolute atomic E-state index is 0.342. The average molecular weight is 271 g/mol. The number of nitrogens with one attached hydrogen (secondary N) is 1. The van der Waals surface area contributed by atoms with Crippen LogP contribution in [-0.4, -0.2) is 19.6 Å². The molecule has 0 saturated heterocycles. The highest BCUT2D eigenvalue weighted by Gasteiger charge is 2.07. The quantitative estimate of drug-likeness (QED) is 0.498. The van der Waals surface area contributed by atoms with Crippen LogP contribution in [0.15, 0.2) is 53.5 Å². The molecule has 0 spiro atoms. The van der Waals surface area contributed by atoms with Gasteiger partial charge < -0.3 is 14.5 Å². The lowest BCUT2D eigenvalue weighted by Crippen LogP contribution is -2.11. The molecule has 2 rings (SSSR count). The van der Waals surface area contributed by atoms with Crippen molar-refractivity contribution in [3.05, 3.63) is 60.4 Å². The fourth-order valence-electron chi connectivity index (χ4n) is 1.81. The summed E-state index contributed by atoms with van der Waals surface area (Å²) in [5, 5.41) is 3.17. The number of furan rings is 1. The molecule has 0 radical (unpaired) electrons. The molecule has 0 atom stereocenters. The van der Waals surface area contributed by atoms with E-state index in [4.69, 9.17) is 4.42 Å². The maximum Gasteiger partial charge on any atom is 0.337 e. The molecule has 0 aliphatic carbocycles. The topological polar surface area (TPSA) is 51.5 Å². The molecule has 104 valence electrons. The van der Waals surface area contributed by atoms with Gasteiger partial charge in [0.25, 0.3) is 0 Å². The van der Waals surface area contributed by atoms with E-state index in [0.717, 1.165) is 23.6 Å². The van der Waals surface area contributed by atoms with E-state index in [1.54, 1.807) is 18.2 Å². The van der Waals surface area contributed by atoms with Gasteiger partial charge >= 0.3 is 5.97 Å². The summed E-state index contributed by atoms with van der Waals surface area (Å²) in [7, 11) is 1.37. The largest absolute Gasteiger partial charge is 0.465 e. The number of ether oxygens (including phenoxy) is 1. The third kappa shape index (κ3) is 3.36. The number of esters is 1. The van der Waals surface area contributed by atoms with Crippen LogP contribution in [-0.2, 0) is 11.3 Å². The van der Waals surface area contributed by atoms with Crippen molar-refractivity contribution in [2.24, 2.45) is 0 Å². The minimum atomic E-state index is -0.342. The first-order chi connectivity index (χ1) is 9.74. The van der Waals surface area contributed by atoms with E-state index in [0.29, 0.717) is 12.1 Å². The van der Waals surface area contributed by atoms with E-state index < -0.39 is 0 Å². The fraction of sp³-hybridized carbons (Fsp3) is 0.188. The van der Waals surface area contributed by atoms with Crippen molar-refractivity contribution in [2.75, 3.05) is 13.7 Å². The highest BCUT2D eigenvalue weighted by molar-refractivity contribution is 5.89. The predicted octanol–water partition coefficient (Wildman–Crippen LogP) is 3.01. The first-order valence-electron chi connectivity index (χ1n) is 6.33. The van der Waals surface area contributed by atoms with Gasteiger partial charge in [-0.25, -0.2) is 4.79 Å². The Labute approximate surface area is 118 Å². The molecular formula is C16H17NO3. The van der Waals surface area contributed by atoms with Crippen LogP contribution in [0, 0.1) is 0 Å². The summed E-state index contributed by atoms with van der Waals surface area (Å²) in [5.74, 6) is 1.29. The standard InChI is InChI=1S/C16H17NO3/c1-3-10-17-11-14-8-9-15(20-14)12-4-6-13(7-5-12)16(18)19-2/h3-9,17H,1,10-11H2,2H3. The second-order valence-corrected chi connectivity index (χ2v) is 4.25. The van der Waals surface area contributed by atoms with Crippen LogP contribution >= 0.6 is 0 Å². The van der Waals surface area contributed by atoms with Crippen LogP contribution in [0.1, 0.15) is 16.1 Å². The number of hydrogen-bond acceptors (Lipinski definition) is 4. The number of carbonyl (C=O) groups is 1. The van der Waals surface area contributed by atoms with Gasteiger partial charge in [0, 0.05) is 12.1 Å². The average Bonchev–Trinajstić information content (AvgIpc) is 2.96. The summed E-state index contributed by atoms with van der Waals surface area (Å²) in [6, 6.07) is 11.0. The first kappa shape index (κ1) is 14.1. The van der Waals surface area contributed by atoms with Crippen LogP contribution in [0.25, 0.3) is 11.3 Å². The Balaban J connectivity index is 2.08. The van der Waals surface area contributed by atoms with Crippen molar-refractivity contribution in [1.29, 1.82) is 0 Å². The van der Waals surface area contributed by atoms with Gasteiger partial charge in [0.05, 0.1) is 19.2 Å². The molecule has 20 heavy (non-hydrogen) atoms. The first-order valence-corrected chi connectivity index (χ1v) is 6.33. The molecule has 1 heterocycles. The number of rotatable bonds is 6. The SMILES string of the molecule is C=CCNCc1ccc(-c2ccc(C(=O)OC)cc2)o1. The number of carbonyl (C=O) groups excluding carboxylic acids is 1. The summed E-state index contributed by atoms with van der Waals surface area (Å²) >= 11 is 0. The third-order valence-electron chi connectivity index (χ3n) is 2.84. The zero-order chi connectivity index (χ0) is 14.4. The molecule has 0 unspecified atom stereocenters. The molecule has 4 nitrogen and oxygen atoms in total. The maximum atomic E-state index is 11.4. The number of benzene rings is 1. The Kier molecular flexibility index (Phi) is 4.74. The molecule has 0 aliphatic rings. The zero-order valence-corrected chi connectivity index (χ0v) is 11.4. The summed E-state index contributed by atoms with van der Waals surface area (Å²) < 4.78 is 10.4. The van der Waals surface area contributed by atoms with Crippen LogP contribution in [0.2, 0.25) is 0 Å². The Morgan fingerprint density at radius 2 is 2.05 bits per heavy atom. The molecule has 0 fully saturated rings. The highest BCUT2D eigenvalue weighted by Crippen LogP contribution is 2.22. The van der Waals surface area contributed by atoms with Gasteiger partial charge in [-0.05, 0) is 24.3 Å². The van der Waals surface area contributed by atoms with Gasteiger partial charge in [0.15, 0.2) is 0 Å². The molecule has 0 saturated carbocycles. The molecular weight excluding hydrogens is 254 g/mol. The summed E-state index contributed by atoms with van der Waals surface area (Å²) in [6.45, 7) is 5.04. The van der Waals surface area contributed by atoms with Crippen LogP contribution in [0.5, 0.6) is 0 Å². The number of methoxy groups -OCH3 is 1. The Morgan fingerprint density at radius 1 is 1.30 bits per heavy atom. The van der Waals surface area contributed by atoms with Crippen molar-refractivity contribution in [3.63, 3.8) is 0 Å². The minimum Gasteiger partial charge on any atom is -0.465 e. The predicted molar refractivity (Wildman–Crippen MR) is 77.4 cm³/mol. The van der Waals surface area contributed by atoms with Crippen molar-refractivity contribution in [2.45, 2.75) is 6.54 Å². The van der Waals surface area contributed by atoms with Gasteiger partial charge in [-0.15, -0.1) is 6.58 Å². The summed E-state index contributed by atoms with van der Waals surface area (Å²) in [5.41, 5.74) is 1.45. The Hall–Kier alpha value is -2.33. The van der Waals surface area contributed by atoms with Crippen LogP contribution < -0.4 is 5.32 Å². The monoisotopic (exact) mass is 271 g/mol. The highest BCUT2D eigenvalue weighted by atomic mass is 16.5. The lowest BCUT2D eigenvalue weighted by Gasteiger charge is -2.01. The normalized spacial score (nSPS) is 10.2. The Bertz CT molecular complexity index is 584.